The van der Waals surface area contributed by atoms with Gasteiger partial charge in [0.2, 0.25) is 0 Å². The fourth-order valence-corrected chi connectivity index (χ4v) is 2.05. The zero-order valence-electron chi connectivity index (χ0n) is 8.16. The summed E-state index contributed by atoms with van der Waals surface area (Å²) in [6, 6.07) is 6.53. The van der Waals surface area contributed by atoms with Crippen LogP contribution in [0.2, 0.25) is 0 Å². The molecule has 1 heterocycles. The second kappa shape index (κ2) is 4.30. The van der Waals surface area contributed by atoms with Crippen molar-refractivity contribution in [1.82, 2.24) is 10.3 Å². The Hall–Kier alpha value is -1.27. The minimum absolute atomic E-state index is 0.173. The van der Waals surface area contributed by atoms with Gasteiger partial charge in [-0.2, -0.15) is 5.26 Å². The molecule has 1 fully saturated rings. The first-order chi connectivity index (χ1) is 6.90. The average Bonchev–Trinajstić information content (AvgIpc) is 2.86. The Kier molecular flexibility index (Phi) is 2.85. The Balaban J connectivity index is 1.97. The molecule has 0 aromatic carbocycles. The van der Waals surface area contributed by atoms with Gasteiger partial charge in [0, 0.05) is 17.9 Å². The molecule has 14 heavy (non-hydrogen) atoms. The molecule has 1 aliphatic rings. The lowest BCUT2D eigenvalue weighted by Gasteiger charge is -2.15. The predicted octanol–water partition coefficient (Wildman–Crippen LogP) is 2.11. The van der Waals surface area contributed by atoms with Gasteiger partial charge in [-0.3, -0.25) is 5.32 Å². The number of hydrogen-bond donors (Lipinski definition) is 2. The van der Waals surface area contributed by atoms with E-state index in [1.165, 1.54) is 25.7 Å². The number of hydrogen-bond acceptors (Lipinski definition) is 2. The lowest BCUT2D eigenvalue weighted by Crippen LogP contribution is -2.29. The van der Waals surface area contributed by atoms with Crippen LogP contribution in [0.4, 0.5) is 0 Å². The molecular formula is C11H15N3. The number of aromatic amines is 1. The quantitative estimate of drug-likeness (QED) is 0.765. The molecular weight excluding hydrogens is 174 g/mol. The topological polar surface area (TPSA) is 51.6 Å². The van der Waals surface area contributed by atoms with Gasteiger partial charge in [-0.25, -0.2) is 0 Å². The molecule has 0 amide bonds. The highest BCUT2D eigenvalue weighted by atomic mass is 15.0. The maximum atomic E-state index is 9.03. The molecule has 0 spiro atoms. The molecule has 0 bridgehead atoms. The fourth-order valence-electron chi connectivity index (χ4n) is 2.05. The summed E-state index contributed by atoms with van der Waals surface area (Å²) in [6.45, 7) is 0. The average molecular weight is 189 g/mol. The van der Waals surface area contributed by atoms with Gasteiger partial charge in [0.1, 0.15) is 6.04 Å². The molecule has 1 aromatic heterocycles. The van der Waals surface area contributed by atoms with E-state index >= 15 is 0 Å². The van der Waals surface area contributed by atoms with Crippen LogP contribution in [0, 0.1) is 11.3 Å². The molecule has 3 heteroatoms. The predicted molar refractivity (Wildman–Crippen MR) is 54.5 cm³/mol. The molecule has 1 aliphatic carbocycles. The Morgan fingerprint density at radius 2 is 2.29 bits per heavy atom. The number of H-pyrrole nitrogens is 1. The van der Waals surface area contributed by atoms with Crippen LogP contribution in [0.15, 0.2) is 18.3 Å². The lowest BCUT2D eigenvalue weighted by molar-refractivity contribution is 0.487. The molecule has 2 N–H and O–H groups in total. The summed E-state index contributed by atoms with van der Waals surface area (Å²) in [5, 5.41) is 12.4. The largest absolute Gasteiger partial charge is 0.363 e. The number of nitrogens with one attached hydrogen (secondary N) is 2. The first-order valence-corrected chi connectivity index (χ1v) is 5.19. The van der Waals surface area contributed by atoms with Crippen molar-refractivity contribution in [1.29, 1.82) is 5.26 Å². The van der Waals surface area contributed by atoms with Gasteiger partial charge in [-0.15, -0.1) is 0 Å². The minimum Gasteiger partial charge on any atom is -0.363 e. The molecule has 0 radical (unpaired) electrons. The summed E-state index contributed by atoms with van der Waals surface area (Å²) in [4.78, 5) is 3.08. The van der Waals surface area contributed by atoms with Crippen LogP contribution in [0.5, 0.6) is 0 Å². The van der Waals surface area contributed by atoms with Crippen molar-refractivity contribution in [2.75, 3.05) is 0 Å². The highest BCUT2D eigenvalue weighted by Crippen LogP contribution is 2.21. The monoisotopic (exact) mass is 189 g/mol. The van der Waals surface area contributed by atoms with E-state index in [0.717, 1.165) is 5.69 Å². The fraction of sp³-hybridized carbons (Fsp3) is 0.545. The van der Waals surface area contributed by atoms with Crippen molar-refractivity contribution in [2.24, 2.45) is 0 Å². The van der Waals surface area contributed by atoms with Crippen molar-refractivity contribution in [3.05, 3.63) is 24.0 Å². The Bertz CT molecular complexity index is 304. The van der Waals surface area contributed by atoms with Crippen molar-refractivity contribution >= 4 is 0 Å². The third-order valence-corrected chi connectivity index (χ3v) is 2.82. The van der Waals surface area contributed by atoms with E-state index in [-0.39, 0.29) is 6.04 Å². The standard InChI is InChI=1S/C11H15N3/c12-8-11(10-6-3-7-13-10)14-9-4-1-2-5-9/h3,6-7,9,11,13-14H,1-2,4-5H2. The van der Waals surface area contributed by atoms with Crippen LogP contribution >= 0.6 is 0 Å². The zero-order valence-corrected chi connectivity index (χ0v) is 8.16. The number of nitriles is 1. The van der Waals surface area contributed by atoms with E-state index in [1.54, 1.807) is 0 Å². The Morgan fingerprint density at radius 3 is 2.86 bits per heavy atom. The molecule has 1 unspecified atom stereocenters. The molecule has 1 aromatic rings. The maximum Gasteiger partial charge on any atom is 0.136 e. The second-order valence-corrected chi connectivity index (χ2v) is 3.84. The lowest BCUT2D eigenvalue weighted by atomic mass is 10.1. The highest BCUT2D eigenvalue weighted by Gasteiger charge is 2.20. The molecule has 0 aliphatic heterocycles. The minimum atomic E-state index is -0.173. The van der Waals surface area contributed by atoms with Gasteiger partial charge in [-0.1, -0.05) is 12.8 Å². The maximum absolute atomic E-state index is 9.03. The van der Waals surface area contributed by atoms with E-state index in [1.807, 2.05) is 18.3 Å². The van der Waals surface area contributed by atoms with Gasteiger partial charge >= 0.3 is 0 Å². The van der Waals surface area contributed by atoms with E-state index in [0.29, 0.717) is 6.04 Å². The van der Waals surface area contributed by atoms with Crippen LogP contribution in [-0.4, -0.2) is 11.0 Å². The van der Waals surface area contributed by atoms with Gasteiger partial charge in [0.15, 0.2) is 0 Å². The van der Waals surface area contributed by atoms with E-state index in [9.17, 15) is 0 Å². The number of nitrogens with zero attached hydrogens (tertiary/aromatic N) is 1. The number of aromatic nitrogens is 1. The summed E-state index contributed by atoms with van der Waals surface area (Å²) in [6.07, 6.45) is 6.86. The molecule has 1 saturated carbocycles. The van der Waals surface area contributed by atoms with E-state index in [2.05, 4.69) is 16.4 Å². The zero-order chi connectivity index (χ0) is 9.80. The Morgan fingerprint density at radius 1 is 1.50 bits per heavy atom. The van der Waals surface area contributed by atoms with Crippen LogP contribution < -0.4 is 5.32 Å². The molecule has 1 atom stereocenters. The summed E-state index contributed by atoms with van der Waals surface area (Å²) in [5.41, 5.74) is 0.972. The van der Waals surface area contributed by atoms with Gasteiger partial charge in [-0.05, 0) is 25.0 Å². The highest BCUT2D eigenvalue weighted by molar-refractivity contribution is 5.16. The Labute approximate surface area is 84.1 Å². The van der Waals surface area contributed by atoms with Gasteiger partial charge in [0.25, 0.3) is 0 Å². The third kappa shape index (κ3) is 1.97. The van der Waals surface area contributed by atoms with Crippen molar-refractivity contribution < 1.29 is 0 Å². The summed E-state index contributed by atoms with van der Waals surface area (Å²) >= 11 is 0. The van der Waals surface area contributed by atoms with Crippen LogP contribution in [0.1, 0.15) is 37.4 Å². The first-order valence-electron chi connectivity index (χ1n) is 5.19. The van der Waals surface area contributed by atoms with Crippen molar-refractivity contribution in [3.63, 3.8) is 0 Å². The van der Waals surface area contributed by atoms with E-state index < -0.39 is 0 Å². The van der Waals surface area contributed by atoms with Crippen LogP contribution in [0.3, 0.4) is 0 Å². The molecule has 0 saturated heterocycles. The normalized spacial score (nSPS) is 19.4. The SMILES string of the molecule is N#CC(NC1CCCC1)c1ccc[nH]1. The number of rotatable bonds is 3. The molecule has 3 nitrogen and oxygen atoms in total. The second-order valence-electron chi connectivity index (χ2n) is 3.84. The van der Waals surface area contributed by atoms with Crippen LogP contribution in [0.25, 0.3) is 0 Å². The van der Waals surface area contributed by atoms with Crippen LogP contribution in [-0.2, 0) is 0 Å². The molecule has 74 valence electrons. The summed E-state index contributed by atoms with van der Waals surface area (Å²) in [5.74, 6) is 0. The van der Waals surface area contributed by atoms with Crippen molar-refractivity contribution in [3.8, 4) is 6.07 Å². The van der Waals surface area contributed by atoms with Gasteiger partial charge < -0.3 is 4.98 Å². The van der Waals surface area contributed by atoms with Gasteiger partial charge in [0.05, 0.1) is 6.07 Å². The smallest absolute Gasteiger partial charge is 0.136 e. The first kappa shape index (κ1) is 9.29. The molecule has 2 rings (SSSR count). The third-order valence-electron chi connectivity index (χ3n) is 2.82. The van der Waals surface area contributed by atoms with Crippen molar-refractivity contribution in [2.45, 2.75) is 37.8 Å². The summed E-state index contributed by atoms with van der Waals surface area (Å²) < 4.78 is 0. The van der Waals surface area contributed by atoms with E-state index in [4.69, 9.17) is 5.26 Å². The summed E-state index contributed by atoms with van der Waals surface area (Å²) in [7, 11) is 0.